The summed E-state index contributed by atoms with van der Waals surface area (Å²) in [4.78, 5) is 2.52. The lowest BCUT2D eigenvalue weighted by Gasteiger charge is -2.42. The topological polar surface area (TPSA) is 23.5 Å². The van der Waals surface area contributed by atoms with Gasteiger partial charge in [-0.2, -0.15) is 0 Å². The third-order valence-electron chi connectivity index (χ3n) is 4.64. The Morgan fingerprint density at radius 2 is 1.67 bits per heavy atom. The second-order valence-electron chi connectivity index (χ2n) is 6.70. The number of rotatable bonds is 6. The molecule has 18 heavy (non-hydrogen) atoms. The summed E-state index contributed by atoms with van der Waals surface area (Å²) in [5.41, 5.74) is -0.0632. The highest BCUT2D eigenvalue weighted by Gasteiger charge is 2.34. The zero-order chi connectivity index (χ0) is 13.6. The van der Waals surface area contributed by atoms with Crippen molar-refractivity contribution in [2.75, 3.05) is 13.1 Å². The average Bonchev–Trinajstić information content (AvgIpc) is 2.57. The number of nitrogens with zero attached hydrogens (tertiary/aromatic N) is 1. The molecule has 108 valence electrons. The quantitative estimate of drug-likeness (QED) is 0.780. The van der Waals surface area contributed by atoms with Gasteiger partial charge in [0.2, 0.25) is 0 Å². The largest absolute Gasteiger partial charge is 0.391 e. The molecule has 0 aromatic rings. The molecule has 2 heteroatoms. The Hall–Kier alpha value is -0.0800. The molecule has 1 fully saturated rings. The molecule has 0 spiro atoms. The lowest BCUT2D eigenvalue weighted by atomic mass is 9.86. The Morgan fingerprint density at radius 1 is 1.11 bits per heavy atom. The van der Waals surface area contributed by atoms with E-state index < -0.39 is 0 Å². The van der Waals surface area contributed by atoms with Gasteiger partial charge in [-0.3, -0.25) is 4.90 Å². The van der Waals surface area contributed by atoms with Crippen molar-refractivity contribution in [1.29, 1.82) is 0 Å². The zero-order valence-electron chi connectivity index (χ0n) is 12.9. The van der Waals surface area contributed by atoms with Crippen molar-refractivity contribution in [3.63, 3.8) is 0 Å². The molecule has 1 saturated heterocycles. The lowest BCUT2D eigenvalue weighted by Crippen LogP contribution is -2.53. The van der Waals surface area contributed by atoms with Gasteiger partial charge >= 0.3 is 0 Å². The summed E-state index contributed by atoms with van der Waals surface area (Å²) in [6, 6.07) is 0. The summed E-state index contributed by atoms with van der Waals surface area (Å²) in [5.74, 6) is 0.635. The highest BCUT2D eigenvalue weighted by atomic mass is 16.3. The van der Waals surface area contributed by atoms with Gasteiger partial charge in [0.1, 0.15) is 0 Å². The van der Waals surface area contributed by atoms with Crippen molar-refractivity contribution in [2.24, 2.45) is 5.92 Å². The van der Waals surface area contributed by atoms with Crippen molar-refractivity contribution in [1.82, 2.24) is 4.90 Å². The summed E-state index contributed by atoms with van der Waals surface area (Å²) in [6.07, 6.45) is 8.49. The molecule has 0 aromatic heterocycles. The van der Waals surface area contributed by atoms with E-state index in [0.717, 1.165) is 19.5 Å². The van der Waals surface area contributed by atoms with E-state index in [1.807, 2.05) is 0 Å². The summed E-state index contributed by atoms with van der Waals surface area (Å²) < 4.78 is 0. The number of aliphatic hydroxyl groups is 1. The van der Waals surface area contributed by atoms with Crippen LogP contribution in [0.3, 0.4) is 0 Å². The molecule has 0 radical (unpaired) electrons. The number of aliphatic hydroxyl groups excluding tert-OH is 1. The molecule has 1 aliphatic heterocycles. The lowest BCUT2D eigenvalue weighted by molar-refractivity contribution is -0.0204. The third kappa shape index (κ3) is 4.55. The van der Waals surface area contributed by atoms with Crippen LogP contribution < -0.4 is 0 Å². The van der Waals surface area contributed by atoms with Crippen LogP contribution in [0.25, 0.3) is 0 Å². The van der Waals surface area contributed by atoms with E-state index in [2.05, 4.69) is 32.6 Å². The third-order valence-corrected chi connectivity index (χ3v) is 4.64. The van der Waals surface area contributed by atoms with E-state index in [4.69, 9.17) is 0 Å². The van der Waals surface area contributed by atoms with Gasteiger partial charge in [0.05, 0.1) is 6.10 Å². The van der Waals surface area contributed by atoms with Crippen LogP contribution >= 0.6 is 0 Å². The monoisotopic (exact) mass is 255 g/mol. The molecule has 0 aromatic carbocycles. The first kappa shape index (κ1) is 16.0. The molecule has 2 unspecified atom stereocenters. The van der Waals surface area contributed by atoms with Crippen molar-refractivity contribution in [2.45, 2.75) is 84.3 Å². The fourth-order valence-corrected chi connectivity index (χ4v) is 3.14. The van der Waals surface area contributed by atoms with Gasteiger partial charge in [-0.15, -0.1) is 0 Å². The highest BCUT2D eigenvalue weighted by molar-refractivity contribution is 4.90. The fourth-order valence-electron chi connectivity index (χ4n) is 3.14. The maximum Gasteiger partial charge on any atom is 0.0721 e. The standard InChI is InChI=1S/C16H33NO/c1-5-10-14(2)13-15(18)16(3,4)17-11-8-6-7-9-12-17/h14-15,18H,5-13H2,1-4H3. The normalized spacial score (nSPS) is 22.5. The molecule has 2 nitrogen and oxygen atoms in total. The Kier molecular flexibility index (Phi) is 6.65. The van der Waals surface area contributed by atoms with E-state index >= 15 is 0 Å². The minimum atomic E-state index is -0.197. The molecule has 2 atom stereocenters. The van der Waals surface area contributed by atoms with Crippen LogP contribution in [0.1, 0.15) is 72.6 Å². The van der Waals surface area contributed by atoms with Crippen molar-refractivity contribution in [3.05, 3.63) is 0 Å². The van der Waals surface area contributed by atoms with Crippen LogP contribution in [0.5, 0.6) is 0 Å². The summed E-state index contributed by atoms with van der Waals surface area (Å²) >= 11 is 0. The Morgan fingerprint density at radius 3 is 2.17 bits per heavy atom. The van der Waals surface area contributed by atoms with Crippen LogP contribution in [0.15, 0.2) is 0 Å². The molecular weight excluding hydrogens is 222 g/mol. The van der Waals surface area contributed by atoms with Gasteiger partial charge in [0.15, 0.2) is 0 Å². The summed E-state index contributed by atoms with van der Waals surface area (Å²) in [7, 11) is 0. The molecule has 1 aliphatic rings. The predicted molar refractivity (Wildman–Crippen MR) is 78.8 cm³/mol. The first-order chi connectivity index (χ1) is 8.48. The average molecular weight is 255 g/mol. The minimum absolute atomic E-state index is 0.0632. The van der Waals surface area contributed by atoms with E-state index in [9.17, 15) is 5.11 Å². The zero-order valence-corrected chi connectivity index (χ0v) is 12.9. The van der Waals surface area contributed by atoms with Gasteiger partial charge < -0.3 is 5.11 Å². The van der Waals surface area contributed by atoms with E-state index in [1.54, 1.807) is 0 Å². The van der Waals surface area contributed by atoms with Gasteiger partial charge in [-0.05, 0) is 52.1 Å². The smallest absolute Gasteiger partial charge is 0.0721 e. The number of hydrogen-bond donors (Lipinski definition) is 1. The van der Waals surface area contributed by atoms with E-state index in [1.165, 1.54) is 38.5 Å². The SMILES string of the molecule is CCCC(C)CC(O)C(C)(C)N1CCCCCC1. The molecule has 1 rings (SSSR count). The molecule has 0 saturated carbocycles. The molecule has 1 N–H and O–H groups in total. The summed E-state index contributed by atoms with van der Waals surface area (Å²) in [5, 5.41) is 10.6. The van der Waals surface area contributed by atoms with Gasteiger partial charge in [0, 0.05) is 5.54 Å². The van der Waals surface area contributed by atoms with Crippen LogP contribution in [-0.2, 0) is 0 Å². The predicted octanol–water partition coefficient (Wildman–Crippen LogP) is 3.83. The first-order valence-electron chi connectivity index (χ1n) is 7.91. The summed E-state index contributed by atoms with van der Waals surface area (Å²) in [6.45, 7) is 11.3. The van der Waals surface area contributed by atoms with E-state index in [0.29, 0.717) is 5.92 Å². The maximum atomic E-state index is 10.6. The van der Waals surface area contributed by atoms with Crippen LogP contribution in [-0.4, -0.2) is 34.7 Å². The Labute approximate surface area is 114 Å². The van der Waals surface area contributed by atoms with Crippen molar-refractivity contribution < 1.29 is 5.11 Å². The fraction of sp³-hybridized carbons (Fsp3) is 1.00. The second kappa shape index (κ2) is 7.49. The van der Waals surface area contributed by atoms with Gasteiger partial charge in [0.25, 0.3) is 0 Å². The first-order valence-corrected chi connectivity index (χ1v) is 7.91. The number of hydrogen-bond acceptors (Lipinski definition) is 2. The van der Waals surface area contributed by atoms with Gasteiger partial charge in [-0.25, -0.2) is 0 Å². The Bertz CT molecular complexity index is 219. The number of likely N-dealkylation sites (tertiary alicyclic amines) is 1. The second-order valence-corrected chi connectivity index (χ2v) is 6.70. The molecule has 0 amide bonds. The van der Waals surface area contributed by atoms with Crippen LogP contribution in [0, 0.1) is 5.92 Å². The van der Waals surface area contributed by atoms with Crippen LogP contribution in [0.4, 0.5) is 0 Å². The molecule has 1 heterocycles. The Balaban J connectivity index is 2.53. The maximum absolute atomic E-state index is 10.6. The highest BCUT2D eigenvalue weighted by Crippen LogP contribution is 2.27. The van der Waals surface area contributed by atoms with E-state index in [-0.39, 0.29) is 11.6 Å². The van der Waals surface area contributed by atoms with Crippen molar-refractivity contribution in [3.8, 4) is 0 Å². The molecular formula is C16H33NO. The van der Waals surface area contributed by atoms with Crippen LogP contribution in [0.2, 0.25) is 0 Å². The van der Waals surface area contributed by atoms with Gasteiger partial charge in [-0.1, -0.05) is 39.5 Å². The molecule has 0 aliphatic carbocycles. The van der Waals surface area contributed by atoms with Crippen molar-refractivity contribution >= 4 is 0 Å². The minimum Gasteiger partial charge on any atom is -0.391 e. The molecule has 0 bridgehead atoms.